The largest absolute Gasteiger partial charge is 1.40 e. The lowest BCUT2D eigenvalue weighted by Crippen LogP contribution is -2.40. The molecule has 0 saturated carbocycles. The van der Waals surface area contributed by atoms with Gasteiger partial charge >= 0.3 is 35.8 Å². The fourth-order valence-corrected chi connectivity index (χ4v) is 5.51. The second-order valence-corrected chi connectivity index (χ2v) is 18.8. The maximum Gasteiger partial charge on any atom is 0.319 e. The molecular weight excluding hydrogens is 908 g/mol. The van der Waals surface area contributed by atoms with Crippen LogP contribution in [0.25, 0.3) is 0 Å². The van der Waals surface area contributed by atoms with E-state index in [1.165, 1.54) is 47.1 Å². The quantitative estimate of drug-likeness (QED) is 0.0489. The Balaban J connectivity index is -0.000000914. The van der Waals surface area contributed by atoms with Crippen molar-refractivity contribution in [1.82, 2.24) is 0 Å². The van der Waals surface area contributed by atoms with E-state index in [-0.39, 0.29) is 59.5 Å². The van der Waals surface area contributed by atoms with Gasteiger partial charge in [-0.2, -0.15) is 0 Å². The first-order valence-electron chi connectivity index (χ1n) is 16.2. The van der Waals surface area contributed by atoms with Gasteiger partial charge in [0.1, 0.15) is 50.5 Å². The number of rotatable bonds is 17. The SMILES string of the molecule is C.CC(=O)OCC(C)(COC(C)=O)C(=O)OCc1ccc(CCl)cc1.CC(=O)OCC(C)(COC(C)=O)C(=O)OCc1ccc(C[P+](C)(C)C)cc1.Cl.[P-2]I. The molecule has 2 aromatic carbocycles. The third-order valence-electron chi connectivity index (χ3n) is 6.96. The second-order valence-electron chi connectivity index (χ2n) is 13.6. The molecule has 55 heavy (non-hydrogen) atoms. The summed E-state index contributed by atoms with van der Waals surface area (Å²) in [4.78, 5) is 69.0. The van der Waals surface area contributed by atoms with E-state index in [2.05, 4.69) is 26.9 Å². The Bertz CT molecular complexity index is 1450. The number of benzene rings is 2. The number of hydrogen-bond donors (Lipinski definition) is 0. The lowest BCUT2D eigenvalue weighted by Gasteiger charge is -2.26. The van der Waals surface area contributed by atoms with Crippen LogP contribution in [0.5, 0.6) is 0 Å². The zero-order valence-corrected chi connectivity index (χ0v) is 37.8. The normalized spacial score (nSPS) is 10.5. The Morgan fingerprint density at radius 1 is 0.564 bits per heavy atom. The van der Waals surface area contributed by atoms with Crippen molar-refractivity contribution in [3.05, 3.63) is 70.8 Å². The Morgan fingerprint density at radius 3 is 1.05 bits per heavy atom. The Hall–Kier alpha value is -2.57. The Kier molecular flexibility index (Phi) is 29.7. The molecule has 0 aliphatic carbocycles. The molecule has 0 heterocycles. The maximum atomic E-state index is 12.5. The van der Waals surface area contributed by atoms with Crippen molar-refractivity contribution in [2.24, 2.45) is 10.8 Å². The van der Waals surface area contributed by atoms with Crippen LogP contribution in [0.1, 0.15) is 71.2 Å². The van der Waals surface area contributed by atoms with Gasteiger partial charge in [-0.05, 0) is 36.1 Å². The molecule has 0 aliphatic heterocycles. The van der Waals surface area contributed by atoms with E-state index in [9.17, 15) is 28.8 Å². The van der Waals surface area contributed by atoms with Crippen molar-refractivity contribution in [1.29, 1.82) is 0 Å². The molecule has 0 aromatic heterocycles. The molecule has 0 spiro atoms. The average molecular weight is 965 g/mol. The summed E-state index contributed by atoms with van der Waals surface area (Å²) in [6.07, 6.45) is 1.07. The van der Waals surface area contributed by atoms with E-state index in [4.69, 9.17) is 40.0 Å². The van der Waals surface area contributed by atoms with Gasteiger partial charge < -0.3 is 57.3 Å². The lowest BCUT2D eigenvalue weighted by molar-refractivity contribution is -0.172. The highest BCUT2D eigenvalue weighted by Crippen LogP contribution is 2.49. The summed E-state index contributed by atoms with van der Waals surface area (Å²) in [5.41, 5.74) is 1.35. The summed E-state index contributed by atoms with van der Waals surface area (Å²) in [7, 11) is -0.906. The third-order valence-corrected chi connectivity index (χ3v) is 8.58. The summed E-state index contributed by atoms with van der Waals surface area (Å²) in [6.45, 7) is 17.6. The van der Waals surface area contributed by atoms with E-state index < -0.39 is 53.9 Å². The molecule has 0 amide bonds. The van der Waals surface area contributed by atoms with Crippen LogP contribution >= 0.6 is 60.2 Å². The minimum atomic E-state index is -1.27. The predicted molar refractivity (Wildman–Crippen MR) is 228 cm³/mol. The number of esters is 6. The average Bonchev–Trinajstić information content (AvgIpc) is 3.10. The van der Waals surface area contributed by atoms with Gasteiger partial charge in [-0.1, -0.05) is 56.0 Å². The molecule has 0 unspecified atom stereocenters. The van der Waals surface area contributed by atoms with Crippen LogP contribution in [-0.4, -0.2) is 82.2 Å². The Morgan fingerprint density at radius 2 is 0.818 bits per heavy atom. The molecule has 312 valence electrons. The van der Waals surface area contributed by atoms with E-state index in [1.807, 2.05) is 58.4 Å². The molecule has 0 atom stereocenters. The smallest absolute Gasteiger partial charge is 0.319 e. The standard InChI is InChI=1S/C20H30O6P.C17H21ClO6.CH4.ClH.IP/c1-15(21)25-13-20(3,14-26-16(2)22)19(23)24-11-17-7-9-18(10-8-17)12-27(4,5)6;1-12(19)23-10-17(3,11-24-13(2)20)16(21)22-9-15-6-4-14(8-18)5-7-15;;;1-2/h7-10H,11-14H2,1-6H3;4-7H,8-11H2,1-3H3;1H4;1H;/q+1;;;;-2. The first kappa shape index (κ1) is 56.8. The van der Waals surface area contributed by atoms with Crippen LogP contribution in [0.4, 0.5) is 0 Å². The minimum absolute atomic E-state index is 0. The van der Waals surface area contributed by atoms with Gasteiger partial charge in [0.25, 0.3) is 0 Å². The zero-order chi connectivity index (χ0) is 40.8. The fourth-order valence-electron chi connectivity index (χ4n) is 4.02. The maximum absolute atomic E-state index is 12.5. The van der Waals surface area contributed by atoms with E-state index >= 15 is 0 Å². The monoisotopic (exact) mass is 963 g/mol. The molecule has 2 rings (SSSR count). The highest BCUT2D eigenvalue weighted by molar-refractivity contribution is 14.2. The number of carbonyl (C=O) groups excluding carboxylic acids is 6. The second kappa shape index (κ2) is 28.8. The van der Waals surface area contributed by atoms with Gasteiger partial charge in [-0.25, -0.2) is 0 Å². The Labute approximate surface area is 353 Å². The molecule has 0 radical (unpaired) electrons. The van der Waals surface area contributed by atoms with Crippen LogP contribution in [0.2, 0.25) is 0 Å². The highest BCUT2D eigenvalue weighted by Gasteiger charge is 2.39. The predicted octanol–water partition coefficient (Wildman–Crippen LogP) is 8.68. The van der Waals surface area contributed by atoms with Crippen molar-refractivity contribution in [2.75, 3.05) is 46.4 Å². The van der Waals surface area contributed by atoms with Gasteiger partial charge in [-0.3, -0.25) is 28.8 Å². The number of hydrogen-bond acceptors (Lipinski definition) is 12. The first-order chi connectivity index (χ1) is 24.7. The summed E-state index contributed by atoms with van der Waals surface area (Å²) in [5.74, 6) is -2.91. The summed E-state index contributed by atoms with van der Waals surface area (Å²) in [6, 6.07) is 15.3. The molecule has 0 N–H and O–H groups in total. The van der Waals surface area contributed by atoms with Crippen LogP contribution in [0.3, 0.4) is 0 Å². The van der Waals surface area contributed by atoms with Gasteiger partial charge in [0.2, 0.25) is 0 Å². The molecule has 12 nitrogen and oxygen atoms in total. The highest BCUT2D eigenvalue weighted by atomic mass is 127. The van der Waals surface area contributed by atoms with E-state index in [0.717, 1.165) is 22.9 Å². The van der Waals surface area contributed by atoms with Crippen LogP contribution < -0.4 is 0 Å². The molecule has 0 saturated heterocycles. The first-order valence-corrected chi connectivity index (χ1v) is 23.3. The lowest BCUT2D eigenvalue weighted by atomic mass is 9.93. The molecule has 17 heteroatoms. The summed E-state index contributed by atoms with van der Waals surface area (Å²) < 4.78 is 30.3. The molecular formula is C38H56Cl2IO12P2-. The summed E-state index contributed by atoms with van der Waals surface area (Å²) >= 11 is 7.56. The zero-order valence-electron chi connectivity index (χ0n) is 32.2. The van der Waals surface area contributed by atoms with Gasteiger partial charge in [0, 0.05) is 60.8 Å². The van der Waals surface area contributed by atoms with Crippen molar-refractivity contribution in [3.8, 4) is 0 Å². The van der Waals surface area contributed by atoms with Crippen molar-refractivity contribution in [3.63, 3.8) is 0 Å². The fraction of sp³-hybridized carbons (Fsp3) is 0.526. The minimum Gasteiger partial charge on any atom is -1.40 e. The molecule has 2 aromatic rings. The topological polar surface area (TPSA) is 158 Å². The number of carbonyl (C=O) groups is 6. The van der Waals surface area contributed by atoms with E-state index in [1.54, 1.807) is 12.1 Å². The third kappa shape index (κ3) is 25.3. The van der Waals surface area contributed by atoms with Crippen LogP contribution in [0.15, 0.2) is 48.5 Å². The number of halogens is 3. The summed E-state index contributed by atoms with van der Waals surface area (Å²) in [5, 5.41) is 0. The van der Waals surface area contributed by atoms with Gasteiger partial charge in [0.15, 0.2) is 0 Å². The number of ether oxygens (including phenoxy) is 6. The van der Waals surface area contributed by atoms with Crippen molar-refractivity contribution >= 4 is 96.0 Å². The van der Waals surface area contributed by atoms with Crippen molar-refractivity contribution < 1.29 is 57.2 Å². The van der Waals surface area contributed by atoms with Crippen LogP contribution in [0, 0.1) is 10.8 Å². The van der Waals surface area contributed by atoms with Crippen molar-refractivity contribution in [2.45, 2.75) is 74.2 Å². The van der Waals surface area contributed by atoms with Gasteiger partial charge in [0.05, 0.1) is 6.16 Å². The van der Waals surface area contributed by atoms with E-state index in [0.29, 0.717) is 5.88 Å². The van der Waals surface area contributed by atoms with Crippen LogP contribution in [-0.2, 0) is 82.4 Å². The molecule has 0 bridgehead atoms. The van der Waals surface area contributed by atoms with Gasteiger partial charge in [-0.15, -0.1) is 24.0 Å². The number of alkyl halides is 1. The molecule has 0 fully saturated rings. The molecule has 0 aliphatic rings.